The molecule has 0 N–H and O–H groups in total. The van der Waals surface area contributed by atoms with Gasteiger partial charge in [0, 0.05) is 36.2 Å². The summed E-state index contributed by atoms with van der Waals surface area (Å²) in [5.41, 5.74) is 2.35. The van der Waals surface area contributed by atoms with E-state index in [2.05, 4.69) is 60.5 Å². The van der Waals surface area contributed by atoms with Crippen molar-refractivity contribution in [2.24, 2.45) is 0 Å². The Kier molecular flexibility index (Phi) is 6.11. The Labute approximate surface area is 179 Å². The Morgan fingerprint density at radius 1 is 1.13 bits per heavy atom. The summed E-state index contributed by atoms with van der Waals surface area (Å²) in [5, 5.41) is 1.18. The molecule has 1 aromatic heterocycles. The largest absolute Gasteiger partial charge is 0.497 e. The molecule has 0 bridgehead atoms. The zero-order valence-corrected chi connectivity index (χ0v) is 18.6. The van der Waals surface area contributed by atoms with Crippen LogP contribution >= 0.6 is 0 Å². The molecular weight excluding hydrogens is 373 g/mol. The highest BCUT2D eigenvalue weighted by Gasteiger charge is 2.33. The molecule has 0 saturated heterocycles. The van der Waals surface area contributed by atoms with Gasteiger partial charge >= 0.3 is 5.97 Å². The highest BCUT2D eigenvalue weighted by molar-refractivity contribution is 6.14. The average molecular weight is 403 g/mol. The molecule has 30 heavy (non-hydrogen) atoms. The summed E-state index contributed by atoms with van der Waals surface area (Å²) in [6, 6.07) is 18.8. The fourth-order valence-electron chi connectivity index (χ4n) is 4.22. The summed E-state index contributed by atoms with van der Waals surface area (Å²) < 4.78 is 14.1. The summed E-state index contributed by atoms with van der Waals surface area (Å²) in [5.74, 6) is 0.372. The summed E-state index contributed by atoms with van der Waals surface area (Å²) in [7, 11) is 2.01. The van der Waals surface area contributed by atoms with E-state index in [1.54, 1.807) is 0 Å². The molecule has 4 nitrogen and oxygen atoms in total. The van der Waals surface area contributed by atoms with Crippen LogP contribution in [0, 0.1) is 0 Å². The van der Waals surface area contributed by atoms with Crippen LogP contribution in [-0.2, 0) is 16.1 Å². The maximum absolute atomic E-state index is 11.6. The first kappa shape index (κ1) is 21.8. The molecule has 3 rings (SSSR count). The van der Waals surface area contributed by atoms with Gasteiger partial charge in [-0.15, -0.1) is 0 Å². The van der Waals surface area contributed by atoms with Crippen molar-refractivity contribution < 1.29 is 14.3 Å². The lowest BCUT2D eigenvalue weighted by atomic mass is 9.75. The first-order chi connectivity index (χ1) is 14.1. The number of carbonyl (C=O) groups is 1. The molecule has 0 spiro atoms. The van der Waals surface area contributed by atoms with Crippen LogP contribution in [0.1, 0.15) is 34.1 Å². The highest BCUT2D eigenvalue weighted by atomic mass is 16.6. The van der Waals surface area contributed by atoms with Gasteiger partial charge in [0.05, 0.1) is 11.0 Å². The van der Waals surface area contributed by atoms with Gasteiger partial charge in [-0.1, -0.05) is 36.9 Å². The maximum atomic E-state index is 11.6. The first-order valence-electron chi connectivity index (χ1n) is 10.4. The number of benzene rings is 2. The molecule has 0 radical (unpaired) electrons. The maximum Gasteiger partial charge on any atom is 0.330 e. The zero-order chi connectivity index (χ0) is 21.9. The van der Waals surface area contributed by atoms with Crippen molar-refractivity contribution >= 4 is 24.7 Å². The molecule has 0 aliphatic rings. The number of carbonyl (C=O) groups excluding carboxylic acids is 1. The second kappa shape index (κ2) is 8.43. The van der Waals surface area contributed by atoms with Crippen molar-refractivity contribution in [3.05, 3.63) is 67.3 Å². The van der Waals surface area contributed by atoms with Crippen molar-refractivity contribution in [2.45, 2.75) is 51.8 Å². The minimum atomic E-state index is -0.664. The number of hydrogen-bond donors (Lipinski definition) is 0. The third kappa shape index (κ3) is 4.96. The second-order valence-electron chi connectivity index (χ2n) is 8.78. The van der Waals surface area contributed by atoms with E-state index in [1.165, 1.54) is 22.7 Å². The minimum absolute atomic E-state index is 0.425. The monoisotopic (exact) mass is 403 g/mol. The van der Waals surface area contributed by atoms with Crippen molar-refractivity contribution in [1.29, 1.82) is 0 Å². The van der Waals surface area contributed by atoms with Gasteiger partial charge in [0.15, 0.2) is 7.85 Å². The Morgan fingerprint density at radius 3 is 2.47 bits per heavy atom. The lowest BCUT2D eigenvalue weighted by Gasteiger charge is -2.35. The van der Waals surface area contributed by atoms with Gasteiger partial charge < -0.3 is 14.0 Å². The fourth-order valence-corrected chi connectivity index (χ4v) is 4.22. The zero-order valence-electron chi connectivity index (χ0n) is 18.6. The van der Waals surface area contributed by atoms with Crippen LogP contribution in [-0.4, -0.2) is 29.5 Å². The Hall–Kier alpha value is -2.95. The molecule has 0 aliphatic heterocycles. The fraction of sp³-hybridized carbons (Fsp3) is 0.320. The van der Waals surface area contributed by atoms with Gasteiger partial charge in [0.1, 0.15) is 11.4 Å². The van der Waals surface area contributed by atoms with E-state index in [9.17, 15) is 4.79 Å². The van der Waals surface area contributed by atoms with E-state index in [4.69, 9.17) is 9.47 Å². The van der Waals surface area contributed by atoms with Crippen molar-refractivity contribution in [3.63, 3.8) is 0 Å². The third-order valence-corrected chi connectivity index (χ3v) is 5.05. The number of aryl methyl sites for hydroxylation is 1. The molecular formula is C25H30BNO3. The van der Waals surface area contributed by atoms with Crippen LogP contribution in [0.4, 0.5) is 0 Å². The second-order valence-corrected chi connectivity index (χ2v) is 8.78. The SMILES string of the molecule is BC(C)(CC(C)(C)OC(=O)C=C)Oc1ccc2cc(-c3ccccc3)n(CC)c2c1. The predicted octanol–water partition coefficient (Wildman–Crippen LogP) is 4.95. The number of esters is 1. The van der Waals surface area contributed by atoms with Crippen LogP contribution in [0.25, 0.3) is 22.2 Å². The Balaban J connectivity index is 1.88. The number of rotatable bonds is 8. The molecule has 0 saturated carbocycles. The molecule has 0 fully saturated rings. The van der Waals surface area contributed by atoms with Crippen molar-refractivity contribution in [3.8, 4) is 17.0 Å². The normalized spacial score (nSPS) is 13.6. The van der Waals surface area contributed by atoms with Gasteiger partial charge in [-0.2, -0.15) is 0 Å². The molecule has 0 aliphatic carbocycles. The number of hydrogen-bond acceptors (Lipinski definition) is 3. The van der Waals surface area contributed by atoms with Gasteiger partial charge in [-0.3, -0.25) is 0 Å². The van der Waals surface area contributed by atoms with Gasteiger partial charge in [-0.05, 0) is 51.5 Å². The Bertz CT molecular complexity index is 1050. The standard InChI is InChI=1S/C25H30BNO3/c1-6-23(28)30-24(3,4)17-25(5,26)29-20-14-13-19-15-21(18-11-9-8-10-12-18)27(7-2)22(19)16-20/h6,8-16H,1,7,17,26H2,2-5H3. The number of fused-ring (bicyclic) bond motifs is 1. The number of aromatic nitrogens is 1. The van der Waals surface area contributed by atoms with Crippen molar-refractivity contribution in [2.75, 3.05) is 0 Å². The van der Waals surface area contributed by atoms with E-state index in [0.29, 0.717) is 6.42 Å². The third-order valence-electron chi connectivity index (χ3n) is 5.05. The quantitative estimate of drug-likeness (QED) is 0.303. The van der Waals surface area contributed by atoms with Gasteiger partial charge in [0.25, 0.3) is 0 Å². The smallest absolute Gasteiger partial charge is 0.330 e. The van der Waals surface area contributed by atoms with Crippen LogP contribution < -0.4 is 4.74 Å². The molecule has 3 aromatic rings. The molecule has 2 aromatic carbocycles. The van der Waals surface area contributed by atoms with Crippen molar-refractivity contribution in [1.82, 2.24) is 4.57 Å². The average Bonchev–Trinajstić information content (AvgIpc) is 3.04. The van der Waals surface area contributed by atoms with Crippen LogP contribution in [0.15, 0.2) is 67.3 Å². The summed E-state index contributed by atoms with van der Waals surface area (Å²) in [6.45, 7) is 12.3. The Morgan fingerprint density at radius 2 is 1.83 bits per heavy atom. The number of ether oxygens (including phenoxy) is 2. The minimum Gasteiger partial charge on any atom is -0.497 e. The molecule has 156 valence electrons. The topological polar surface area (TPSA) is 40.5 Å². The highest BCUT2D eigenvalue weighted by Crippen LogP contribution is 2.33. The molecule has 1 heterocycles. The number of nitrogens with zero attached hydrogens (tertiary/aromatic N) is 1. The van der Waals surface area contributed by atoms with E-state index < -0.39 is 17.1 Å². The van der Waals surface area contributed by atoms with E-state index >= 15 is 0 Å². The summed E-state index contributed by atoms with van der Waals surface area (Å²) in [4.78, 5) is 11.6. The summed E-state index contributed by atoms with van der Waals surface area (Å²) in [6.07, 6.45) is 1.73. The summed E-state index contributed by atoms with van der Waals surface area (Å²) >= 11 is 0. The van der Waals surface area contributed by atoms with E-state index in [0.717, 1.165) is 17.8 Å². The van der Waals surface area contributed by atoms with Crippen LogP contribution in [0.3, 0.4) is 0 Å². The predicted molar refractivity (Wildman–Crippen MR) is 126 cm³/mol. The van der Waals surface area contributed by atoms with E-state index in [-0.39, 0.29) is 0 Å². The first-order valence-corrected chi connectivity index (χ1v) is 10.4. The van der Waals surface area contributed by atoms with Gasteiger partial charge in [0.2, 0.25) is 0 Å². The lowest BCUT2D eigenvalue weighted by molar-refractivity contribution is -0.152. The molecule has 1 unspecified atom stereocenters. The van der Waals surface area contributed by atoms with Crippen LogP contribution in [0.2, 0.25) is 0 Å². The molecule has 0 amide bonds. The lowest BCUT2D eigenvalue weighted by Crippen LogP contribution is -2.43. The van der Waals surface area contributed by atoms with E-state index in [1.807, 2.05) is 40.8 Å². The van der Waals surface area contributed by atoms with Gasteiger partial charge in [-0.25, -0.2) is 4.79 Å². The molecule has 1 atom stereocenters. The molecule has 5 heteroatoms. The van der Waals surface area contributed by atoms with Crippen LogP contribution in [0.5, 0.6) is 5.75 Å².